The Balaban J connectivity index is 1.48. The van der Waals surface area contributed by atoms with Crippen molar-refractivity contribution < 1.29 is 9.18 Å². The normalized spacial score (nSPS) is 14.2. The fraction of sp³-hybridized carbons (Fsp3) is 0.136. The third-order valence-corrected chi connectivity index (χ3v) is 5.14. The van der Waals surface area contributed by atoms with E-state index in [4.69, 9.17) is 0 Å². The average Bonchev–Trinajstić information content (AvgIpc) is 3.33. The SMILES string of the molecule is O=C1N(Cc2ccccn2)CCN1c1cccc2c1cnn2-c1ccccc1F. The van der Waals surface area contributed by atoms with Gasteiger partial charge in [0.25, 0.3) is 0 Å². The highest BCUT2D eigenvalue weighted by molar-refractivity contribution is 6.03. The maximum absolute atomic E-state index is 14.3. The number of benzene rings is 2. The second kappa shape index (κ2) is 7.01. The van der Waals surface area contributed by atoms with Crippen molar-refractivity contribution >= 4 is 22.6 Å². The molecule has 29 heavy (non-hydrogen) atoms. The molecule has 1 fully saturated rings. The van der Waals surface area contributed by atoms with Gasteiger partial charge in [-0.15, -0.1) is 0 Å². The number of carbonyl (C=O) groups is 1. The Morgan fingerprint density at radius 1 is 0.931 bits per heavy atom. The minimum absolute atomic E-state index is 0.0678. The van der Waals surface area contributed by atoms with E-state index in [0.29, 0.717) is 25.3 Å². The summed E-state index contributed by atoms with van der Waals surface area (Å²) in [5.41, 5.74) is 2.76. The van der Waals surface area contributed by atoms with E-state index < -0.39 is 0 Å². The van der Waals surface area contributed by atoms with Crippen molar-refractivity contribution in [3.8, 4) is 5.69 Å². The number of pyridine rings is 1. The van der Waals surface area contributed by atoms with Gasteiger partial charge in [0.05, 0.1) is 29.6 Å². The Bertz CT molecular complexity index is 1190. The summed E-state index contributed by atoms with van der Waals surface area (Å²) in [6, 6.07) is 17.8. The Hall–Kier alpha value is -3.74. The van der Waals surface area contributed by atoms with Crippen molar-refractivity contribution in [2.45, 2.75) is 6.54 Å². The molecule has 2 amide bonds. The van der Waals surface area contributed by atoms with Crippen molar-refractivity contribution in [2.75, 3.05) is 18.0 Å². The molecule has 7 heteroatoms. The highest BCUT2D eigenvalue weighted by atomic mass is 19.1. The van der Waals surface area contributed by atoms with Crippen LogP contribution in [0.1, 0.15) is 5.69 Å². The number of hydrogen-bond donors (Lipinski definition) is 0. The minimum atomic E-state index is -0.346. The van der Waals surface area contributed by atoms with E-state index in [0.717, 1.165) is 22.3 Å². The van der Waals surface area contributed by atoms with Gasteiger partial charge in [0.15, 0.2) is 0 Å². The monoisotopic (exact) mass is 387 g/mol. The zero-order valence-corrected chi connectivity index (χ0v) is 15.6. The highest BCUT2D eigenvalue weighted by Crippen LogP contribution is 2.31. The summed E-state index contributed by atoms with van der Waals surface area (Å²) in [4.78, 5) is 20.9. The Morgan fingerprint density at radius 3 is 2.59 bits per heavy atom. The van der Waals surface area contributed by atoms with Gasteiger partial charge in [-0.05, 0) is 36.4 Å². The molecule has 4 aromatic rings. The van der Waals surface area contributed by atoms with Gasteiger partial charge in [-0.3, -0.25) is 9.88 Å². The maximum atomic E-state index is 14.3. The van der Waals surface area contributed by atoms with Gasteiger partial charge in [0.1, 0.15) is 11.5 Å². The average molecular weight is 387 g/mol. The number of anilines is 1. The van der Waals surface area contributed by atoms with Gasteiger partial charge in [0.2, 0.25) is 0 Å². The highest BCUT2D eigenvalue weighted by Gasteiger charge is 2.31. The van der Waals surface area contributed by atoms with Crippen LogP contribution in [-0.4, -0.2) is 38.8 Å². The second-order valence-corrected chi connectivity index (χ2v) is 6.89. The van der Waals surface area contributed by atoms with Gasteiger partial charge in [-0.25, -0.2) is 13.9 Å². The number of fused-ring (bicyclic) bond motifs is 1. The van der Waals surface area contributed by atoms with E-state index in [-0.39, 0.29) is 11.8 Å². The molecule has 5 rings (SSSR count). The molecule has 0 atom stereocenters. The first kappa shape index (κ1) is 17.4. The van der Waals surface area contributed by atoms with Crippen LogP contribution in [0, 0.1) is 5.82 Å². The van der Waals surface area contributed by atoms with Crippen LogP contribution in [0.3, 0.4) is 0 Å². The number of rotatable bonds is 4. The third-order valence-electron chi connectivity index (χ3n) is 5.14. The number of nitrogens with zero attached hydrogens (tertiary/aromatic N) is 5. The van der Waals surface area contributed by atoms with E-state index in [2.05, 4.69) is 10.1 Å². The van der Waals surface area contributed by atoms with Gasteiger partial charge in [-0.2, -0.15) is 5.10 Å². The number of halogens is 1. The number of hydrogen-bond acceptors (Lipinski definition) is 3. The first-order valence-corrected chi connectivity index (χ1v) is 9.40. The fourth-order valence-corrected chi connectivity index (χ4v) is 3.73. The predicted molar refractivity (Wildman–Crippen MR) is 108 cm³/mol. The van der Waals surface area contributed by atoms with E-state index >= 15 is 0 Å². The summed E-state index contributed by atoms with van der Waals surface area (Å²) >= 11 is 0. The number of amides is 2. The second-order valence-electron chi connectivity index (χ2n) is 6.89. The van der Waals surface area contributed by atoms with Gasteiger partial charge in [0, 0.05) is 24.7 Å². The number of aromatic nitrogens is 3. The van der Waals surface area contributed by atoms with Gasteiger partial charge < -0.3 is 4.90 Å². The minimum Gasteiger partial charge on any atom is -0.317 e. The molecule has 0 bridgehead atoms. The molecule has 144 valence electrons. The van der Waals surface area contributed by atoms with E-state index in [1.165, 1.54) is 6.07 Å². The van der Waals surface area contributed by atoms with Crippen LogP contribution >= 0.6 is 0 Å². The van der Waals surface area contributed by atoms with E-state index in [9.17, 15) is 9.18 Å². The molecule has 1 aliphatic rings. The number of para-hydroxylation sites is 1. The van der Waals surface area contributed by atoms with Crippen molar-refractivity contribution in [1.82, 2.24) is 19.7 Å². The lowest BCUT2D eigenvalue weighted by molar-refractivity contribution is 0.218. The number of carbonyl (C=O) groups excluding carboxylic acids is 1. The molecule has 6 nitrogen and oxygen atoms in total. The summed E-state index contributed by atoms with van der Waals surface area (Å²) in [7, 11) is 0. The van der Waals surface area contributed by atoms with Crippen LogP contribution in [0.4, 0.5) is 14.9 Å². The van der Waals surface area contributed by atoms with Gasteiger partial charge in [-0.1, -0.05) is 24.3 Å². The Morgan fingerprint density at radius 2 is 1.76 bits per heavy atom. The maximum Gasteiger partial charge on any atom is 0.324 e. The van der Waals surface area contributed by atoms with Crippen molar-refractivity contribution in [3.05, 3.63) is 84.6 Å². The lowest BCUT2D eigenvalue weighted by atomic mass is 10.2. The van der Waals surface area contributed by atoms with Crippen LogP contribution in [0.5, 0.6) is 0 Å². The molecule has 1 saturated heterocycles. The summed E-state index contributed by atoms with van der Waals surface area (Å²) in [6.07, 6.45) is 3.41. The lowest BCUT2D eigenvalue weighted by Gasteiger charge is -2.19. The van der Waals surface area contributed by atoms with E-state index in [1.807, 2.05) is 36.4 Å². The molecule has 0 unspecified atom stereocenters. The van der Waals surface area contributed by atoms with Crippen LogP contribution in [0.15, 0.2) is 73.1 Å². The molecule has 0 saturated carbocycles. The van der Waals surface area contributed by atoms with E-state index in [1.54, 1.807) is 45.1 Å². The molecule has 3 heterocycles. The van der Waals surface area contributed by atoms with Crippen molar-refractivity contribution in [3.63, 3.8) is 0 Å². The van der Waals surface area contributed by atoms with Crippen LogP contribution in [0.25, 0.3) is 16.6 Å². The molecular formula is C22H18FN5O. The first-order valence-electron chi connectivity index (χ1n) is 9.40. The van der Waals surface area contributed by atoms with Crippen LogP contribution in [0.2, 0.25) is 0 Å². The Kier molecular flexibility index (Phi) is 4.20. The molecule has 2 aromatic heterocycles. The molecular weight excluding hydrogens is 369 g/mol. The van der Waals surface area contributed by atoms with Gasteiger partial charge >= 0.3 is 6.03 Å². The molecule has 0 spiro atoms. The van der Waals surface area contributed by atoms with Crippen LogP contribution < -0.4 is 4.90 Å². The molecule has 0 N–H and O–H groups in total. The Labute approximate surface area is 166 Å². The lowest BCUT2D eigenvalue weighted by Crippen LogP contribution is -2.31. The zero-order valence-electron chi connectivity index (χ0n) is 15.6. The predicted octanol–water partition coefficient (Wildman–Crippen LogP) is 4.00. The fourth-order valence-electron chi connectivity index (χ4n) is 3.73. The summed E-state index contributed by atoms with van der Waals surface area (Å²) in [6.45, 7) is 1.67. The third kappa shape index (κ3) is 3.00. The summed E-state index contributed by atoms with van der Waals surface area (Å²) in [5, 5.41) is 5.19. The smallest absolute Gasteiger partial charge is 0.317 e. The quantitative estimate of drug-likeness (QED) is 0.532. The number of urea groups is 1. The molecule has 0 radical (unpaired) electrons. The topological polar surface area (TPSA) is 54.3 Å². The summed E-state index contributed by atoms with van der Waals surface area (Å²) < 4.78 is 15.8. The molecule has 1 aliphatic heterocycles. The molecule has 2 aromatic carbocycles. The summed E-state index contributed by atoms with van der Waals surface area (Å²) in [5.74, 6) is -0.346. The molecule has 0 aliphatic carbocycles. The standard InChI is InChI=1S/C22H18FN5O/c23-18-7-1-2-8-21(18)28-20-10-5-9-19(17(20)14-25-28)27-13-12-26(22(27)29)15-16-6-3-4-11-24-16/h1-11,14H,12-13,15H2. The van der Waals surface area contributed by atoms with Crippen molar-refractivity contribution in [1.29, 1.82) is 0 Å². The van der Waals surface area contributed by atoms with Crippen molar-refractivity contribution in [2.24, 2.45) is 0 Å². The largest absolute Gasteiger partial charge is 0.324 e. The van der Waals surface area contributed by atoms with Crippen LogP contribution in [-0.2, 0) is 6.54 Å². The first-order chi connectivity index (χ1) is 14.2. The zero-order chi connectivity index (χ0) is 19.8.